The first kappa shape index (κ1) is 24.8. The van der Waals surface area contributed by atoms with Crippen molar-refractivity contribution in [3.05, 3.63) is 163 Å². The highest BCUT2D eigenvalue weighted by molar-refractivity contribution is 6.18. The van der Waals surface area contributed by atoms with Crippen LogP contribution in [0.15, 0.2) is 162 Å². The molecule has 44 heavy (non-hydrogen) atoms. The monoisotopic (exact) mass is 564 g/mol. The molecule has 0 fully saturated rings. The van der Waals surface area contributed by atoms with Gasteiger partial charge in [-0.1, -0.05) is 121 Å². The minimum absolute atomic E-state index is 0.0174. The van der Waals surface area contributed by atoms with E-state index in [9.17, 15) is 0 Å². The molecule has 1 aliphatic heterocycles. The van der Waals surface area contributed by atoms with E-state index in [0.717, 1.165) is 44.4 Å². The van der Waals surface area contributed by atoms with Crippen LogP contribution in [0.1, 0.15) is 11.7 Å². The molecule has 0 bridgehead atoms. The molecule has 1 aliphatic rings. The van der Waals surface area contributed by atoms with E-state index in [1.807, 2.05) is 6.07 Å². The molecule has 3 heteroatoms. The van der Waals surface area contributed by atoms with Crippen molar-refractivity contribution in [2.24, 2.45) is 0 Å². The van der Waals surface area contributed by atoms with Gasteiger partial charge >= 0.3 is 0 Å². The van der Waals surface area contributed by atoms with Gasteiger partial charge in [0.15, 0.2) is 0 Å². The van der Waals surface area contributed by atoms with E-state index < -0.39 is 0 Å². The minimum atomic E-state index is 0.0174. The third-order valence-electron chi connectivity index (χ3n) is 8.85. The molecule has 1 unspecified atom stereocenters. The number of fused-ring (bicyclic) bond motifs is 5. The molecule has 1 atom stereocenters. The number of para-hydroxylation sites is 2. The van der Waals surface area contributed by atoms with Gasteiger partial charge in [0, 0.05) is 22.0 Å². The summed E-state index contributed by atoms with van der Waals surface area (Å²) in [5.74, 6) is 0. The number of furan rings is 1. The summed E-state index contributed by atoms with van der Waals surface area (Å²) in [4.78, 5) is 2.39. The first-order valence-electron chi connectivity index (χ1n) is 15.1. The zero-order valence-electron chi connectivity index (χ0n) is 23.9. The summed E-state index contributed by atoms with van der Waals surface area (Å²) < 4.78 is 6.49. The molecule has 0 aliphatic carbocycles. The average Bonchev–Trinajstić information content (AvgIpc) is 3.66. The minimum Gasteiger partial charge on any atom is -0.455 e. The van der Waals surface area contributed by atoms with Crippen molar-refractivity contribution in [2.45, 2.75) is 6.17 Å². The molecule has 0 amide bonds. The Hall–Kier alpha value is -5.80. The van der Waals surface area contributed by atoms with Crippen LogP contribution >= 0.6 is 0 Å². The molecule has 8 aromatic rings. The Morgan fingerprint density at radius 3 is 2.00 bits per heavy atom. The molecule has 208 valence electrons. The van der Waals surface area contributed by atoms with Crippen LogP contribution in [0.5, 0.6) is 0 Å². The van der Waals surface area contributed by atoms with E-state index in [1.165, 1.54) is 33.2 Å². The van der Waals surface area contributed by atoms with Gasteiger partial charge in [0.2, 0.25) is 0 Å². The lowest BCUT2D eigenvalue weighted by molar-refractivity contribution is 0.670. The summed E-state index contributed by atoms with van der Waals surface area (Å²) in [5.41, 5.74) is 11.2. The second kappa shape index (κ2) is 9.89. The molecule has 0 spiro atoms. The predicted molar refractivity (Wildman–Crippen MR) is 183 cm³/mol. The number of nitrogens with one attached hydrogen (secondary N) is 1. The van der Waals surface area contributed by atoms with Gasteiger partial charge in [-0.15, -0.1) is 0 Å². The van der Waals surface area contributed by atoms with Crippen LogP contribution in [0.2, 0.25) is 0 Å². The van der Waals surface area contributed by atoms with Crippen molar-refractivity contribution < 1.29 is 4.42 Å². The summed E-state index contributed by atoms with van der Waals surface area (Å²) in [6, 6.07) is 56.1. The third-order valence-corrected chi connectivity index (χ3v) is 8.85. The largest absolute Gasteiger partial charge is 0.455 e. The van der Waals surface area contributed by atoms with Crippen LogP contribution in [0.4, 0.5) is 17.1 Å². The van der Waals surface area contributed by atoms with E-state index in [4.69, 9.17) is 4.42 Å². The maximum atomic E-state index is 6.49. The summed E-state index contributed by atoms with van der Waals surface area (Å²) >= 11 is 0. The Kier molecular flexibility index (Phi) is 5.57. The number of hydrogen-bond donors (Lipinski definition) is 1. The van der Waals surface area contributed by atoms with Crippen LogP contribution < -0.4 is 10.2 Å². The quantitative estimate of drug-likeness (QED) is 0.230. The van der Waals surface area contributed by atoms with Gasteiger partial charge in [-0.05, 0) is 69.4 Å². The third kappa shape index (κ3) is 3.90. The maximum absolute atomic E-state index is 6.49. The summed E-state index contributed by atoms with van der Waals surface area (Å²) in [6.45, 7) is 0. The topological polar surface area (TPSA) is 28.4 Å². The average molecular weight is 565 g/mol. The first-order chi connectivity index (χ1) is 21.8. The second-order valence-corrected chi connectivity index (χ2v) is 11.4. The van der Waals surface area contributed by atoms with E-state index in [1.54, 1.807) is 0 Å². The Morgan fingerprint density at radius 1 is 0.523 bits per heavy atom. The van der Waals surface area contributed by atoms with Crippen LogP contribution in [0.3, 0.4) is 0 Å². The molecule has 3 nitrogen and oxygen atoms in total. The zero-order valence-corrected chi connectivity index (χ0v) is 23.9. The van der Waals surface area contributed by atoms with Crippen molar-refractivity contribution in [1.82, 2.24) is 0 Å². The molecule has 9 rings (SSSR count). The normalized spacial score (nSPS) is 14.3. The highest BCUT2D eigenvalue weighted by Gasteiger charge is 2.31. The molecule has 1 N–H and O–H groups in total. The number of nitrogens with zero attached hydrogens (tertiary/aromatic N) is 1. The molecular formula is C41H28N2O. The highest BCUT2D eigenvalue weighted by atomic mass is 16.3. The van der Waals surface area contributed by atoms with Crippen molar-refractivity contribution in [3.63, 3.8) is 0 Å². The number of benzene rings is 7. The summed E-state index contributed by atoms with van der Waals surface area (Å²) in [6.07, 6.45) is 0.0174. The second-order valence-electron chi connectivity index (χ2n) is 11.4. The fraction of sp³-hybridized carbons (Fsp3) is 0.0244. The maximum Gasteiger partial charge on any atom is 0.143 e. The summed E-state index contributed by atoms with van der Waals surface area (Å²) in [5, 5.41) is 8.52. The van der Waals surface area contributed by atoms with Gasteiger partial charge in [-0.2, -0.15) is 0 Å². The van der Waals surface area contributed by atoms with Crippen LogP contribution in [-0.4, -0.2) is 0 Å². The molecule has 0 saturated carbocycles. The lowest BCUT2D eigenvalue weighted by Crippen LogP contribution is -2.23. The van der Waals surface area contributed by atoms with Gasteiger partial charge in [-0.3, -0.25) is 0 Å². The van der Waals surface area contributed by atoms with E-state index >= 15 is 0 Å². The SMILES string of the molecule is c1ccc(C2Nc3cc(-c4ccc(-c5c6ccccc6cc6c5oc5ccccc56)cc4)ccc3N2c2ccccc2)cc1. The molecule has 0 radical (unpaired) electrons. The van der Waals surface area contributed by atoms with Crippen molar-refractivity contribution in [1.29, 1.82) is 0 Å². The molecule has 0 saturated heterocycles. The lowest BCUT2D eigenvalue weighted by Gasteiger charge is -2.27. The summed E-state index contributed by atoms with van der Waals surface area (Å²) in [7, 11) is 0. The molecular weight excluding hydrogens is 536 g/mol. The van der Waals surface area contributed by atoms with Gasteiger partial charge in [0.25, 0.3) is 0 Å². The van der Waals surface area contributed by atoms with Crippen molar-refractivity contribution in [3.8, 4) is 22.3 Å². The Labute approximate surface area is 255 Å². The number of anilines is 3. The van der Waals surface area contributed by atoms with Crippen LogP contribution in [-0.2, 0) is 0 Å². The molecule has 2 heterocycles. The van der Waals surface area contributed by atoms with Crippen molar-refractivity contribution in [2.75, 3.05) is 10.2 Å². The van der Waals surface area contributed by atoms with E-state index in [2.05, 4.69) is 162 Å². The predicted octanol–water partition coefficient (Wildman–Crippen LogP) is 11.3. The van der Waals surface area contributed by atoms with E-state index in [0.29, 0.717) is 0 Å². The fourth-order valence-electron chi connectivity index (χ4n) is 6.78. The first-order valence-corrected chi connectivity index (χ1v) is 15.1. The highest BCUT2D eigenvalue weighted by Crippen LogP contribution is 2.47. The van der Waals surface area contributed by atoms with Crippen LogP contribution in [0.25, 0.3) is 55.0 Å². The van der Waals surface area contributed by atoms with Gasteiger partial charge in [0.1, 0.15) is 17.3 Å². The number of rotatable bonds is 4. The zero-order chi connectivity index (χ0) is 29.0. The smallest absolute Gasteiger partial charge is 0.143 e. The van der Waals surface area contributed by atoms with Gasteiger partial charge in [-0.25, -0.2) is 0 Å². The van der Waals surface area contributed by atoms with Gasteiger partial charge < -0.3 is 14.6 Å². The lowest BCUT2D eigenvalue weighted by atomic mass is 9.94. The van der Waals surface area contributed by atoms with Gasteiger partial charge in [0.05, 0.1) is 11.4 Å². The van der Waals surface area contributed by atoms with Crippen molar-refractivity contribution >= 4 is 49.8 Å². The van der Waals surface area contributed by atoms with E-state index in [-0.39, 0.29) is 6.17 Å². The number of hydrogen-bond acceptors (Lipinski definition) is 3. The fourth-order valence-corrected chi connectivity index (χ4v) is 6.78. The Bertz CT molecular complexity index is 2300. The molecule has 1 aromatic heterocycles. The van der Waals surface area contributed by atoms with Crippen LogP contribution in [0, 0.1) is 0 Å². The molecule has 7 aromatic carbocycles. The Balaban J connectivity index is 1.13. The standard InChI is InChI=1S/C41H28N2O/c1-3-11-29(12-4-1)41-42-36-26-30(23-24-37(36)43(41)32-14-5-2-6-15-32)27-19-21-28(22-20-27)39-33-16-8-7-13-31(33)25-35-34-17-9-10-18-38(34)44-40(35)39/h1-26,41-42H. The Morgan fingerprint density at radius 2 is 1.18 bits per heavy atom.